The molecule has 2 rings (SSSR count). The summed E-state index contributed by atoms with van der Waals surface area (Å²) in [7, 11) is 0. The van der Waals surface area contributed by atoms with Gasteiger partial charge in [0, 0.05) is 21.3 Å². The minimum Gasteiger partial charge on any atom is -0.494 e. The fourth-order valence-electron chi connectivity index (χ4n) is 1.81. The molecule has 0 radical (unpaired) electrons. The molecule has 2 aromatic carbocycles. The molecule has 0 aliphatic heterocycles. The van der Waals surface area contributed by atoms with Crippen LogP contribution in [0.15, 0.2) is 45.3 Å². The molecule has 0 aliphatic rings. The van der Waals surface area contributed by atoms with Crippen molar-refractivity contribution in [3.63, 3.8) is 0 Å². The van der Waals surface area contributed by atoms with Crippen LogP contribution in [0, 0.1) is 0 Å². The Labute approximate surface area is 134 Å². The van der Waals surface area contributed by atoms with Gasteiger partial charge in [-0.3, -0.25) is 4.79 Å². The molecule has 0 aliphatic carbocycles. The summed E-state index contributed by atoms with van der Waals surface area (Å²) >= 11 is 6.77. The normalized spacial score (nSPS) is 10.3. The van der Waals surface area contributed by atoms with Gasteiger partial charge >= 0.3 is 0 Å². The number of nitrogen functional groups attached to an aromatic ring is 1. The first-order valence-electron chi connectivity index (χ1n) is 6.05. The molecule has 0 fully saturated rings. The minimum atomic E-state index is -0.0981. The van der Waals surface area contributed by atoms with Crippen molar-refractivity contribution in [1.82, 2.24) is 0 Å². The van der Waals surface area contributed by atoms with Crippen LogP contribution >= 0.6 is 31.9 Å². The summed E-state index contributed by atoms with van der Waals surface area (Å²) in [5.74, 6) is 0.627. The summed E-state index contributed by atoms with van der Waals surface area (Å²) < 4.78 is 6.71. The van der Waals surface area contributed by atoms with Crippen molar-refractivity contribution >= 4 is 43.3 Å². The highest BCUT2D eigenvalue weighted by Crippen LogP contribution is 2.30. The van der Waals surface area contributed by atoms with Crippen molar-refractivity contribution in [3.05, 3.63) is 56.5 Å². The van der Waals surface area contributed by atoms with E-state index in [-0.39, 0.29) is 5.78 Å². The summed E-state index contributed by atoms with van der Waals surface area (Å²) in [6, 6.07) is 10.6. The number of anilines is 1. The lowest BCUT2D eigenvalue weighted by molar-refractivity contribution is 0.103. The molecule has 0 saturated carbocycles. The van der Waals surface area contributed by atoms with Gasteiger partial charge in [-0.05, 0) is 69.1 Å². The Bertz CT molecular complexity index is 656. The second-order valence-electron chi connectivity index (χ2n) is 4.11. The van der Waals surface area contributed by atoms with Crippen LogP contribution in [0.25, 0.3) is 0 Å². The van der Waals surface area contributed by atoms with E-state index in [1.807, 2.05) is 6.92 Å². The first-order valence-corrected chi connectivity index (χ1v) is 7.64. The highest BCUT2D eigenvalue weighted by molar-refractivity contribution is 9.11. The lowest BCUT2D eigenvalue weighted by atomic mass is 10.0. The van der Waals surface area contributed by atoms with E-state index in [4.69, 9.17) is 10.5 Å². The molecule has 0 heterocycles. The third-order valence-corrected chi connectivity index (χ3v) is 4.31. The number of benzene rings is 2. The number of nitrogens with two attached hydrogens (primary N) is 1. The molecule has 0 amide bonds. The van der Waals surface area contributed by atoms with E-state index >= 15 is 0 Å². The molecule has 104 valence electrons. The van der Waals surface area contributed by atoms with Crippen LogP contribution in [0.5, 0.6) is 5.75 Å². The van der Waals surface area contributed by atoms with Gasteiger partial charge in [-0.15, -0.1) is 0 Å². The molecule has 2 N–H and O–H groups in total. The van der Waals surface area contributed by atoms with Crippen LogP contribution in [0.2, 0.25) is 0 Å². The smallest absolute Gasteiger partial charge is 0.195 e. The number of rotatable bonds is 4. The van der Waals surface area contributed by atoms with Gasteiger partial charge in [-0.1, -0.05) is 6.07 Å². The van der Waals surface area contributed by atoms with Gasteiger partial charge < -0.3 is 10.5 Å². The Morgan fingerprint density at radius 2 is 1.95 bits per heavy atom. The third kappa shape index (κ3) is 3.04. The Morgan fingerprint density at radius 3 is 2.60 bits per heavy atom. The monoisotopic (exact) mass is 397 g/mol. The number of ether oxygens (including phenoxy) is 1. The molecule has 0 saturated heterocycles. The van der Waals surface area contributed by atoms with E-state index in [9.17, 15) is 4.79 Å². The predicted octanol–water partition coefficient (Wildman–Crippen LogP) is 4.42. The van der Waals surface area contributed by atoms with Crippen LogP contribution in [-0.4, -0.2) is 12.4 Å². The first-order chi connectivity index (χ1) is 9.54. The molecular formula is C15H13Br2NO2. The number of ketones is 1. The van der Waals surface area contributed by atoms with Gasteiger partial charge in [-0.2, -0.15) is 0 Å². The summed E-state index contributed by atoms with van der Waals surface area (Å²) in [5.41, 5.74) is 7.45. The summed E-state index contributed by atoms with van der Waals surface area (Å²) in [6.45, 7) is 2.50. The maximum atomic E-state index is 12.6. The van der Waals surface area contributed by atoms with Gasteiger partial charge in [0.1, 0.15) is 5.75 Å². The van der Waals surface area contributed by atoms with E-state index in [0.717, 1.165) is 5.75 Å². The van der Waals surface area contributed by atoms with Gasteiger partial charge in [0.2, 0.25) is 0 Å². The van der Waals surface area contributed by atoms with Gasteiger partial charge in [0.25, 0.3) is 0 Å². The maximum absolute atomic E-state index is 12.6. The van der Waals surface area contributed by atoms with Crippen molar-refractivity contribution in [2.24, 2.45) is 0 Å². The van der Waals surface area contributed by atoms with E-state index < -0.39 is 0 Å². The van der Waals surface area contributed by atoms with Gasteiger partial charge in [-0.25, -0.2) is 0 Å². The minimum absolute atomic E-state index is 0.0981. The third-order valence-electron chi connectivity index (χ3n) is 2.77. The topological polar surface area (TPSA) is 52.3 Å². The standard InChI is InChI=1S/C15H13Br2NO2/c1-2-20-9-6-7-10(12(16)8-9)15(19)11-4-3-5-13(18)14(11)17/h3-8H,2,18H2,1H3. The van der Waals surface area contributed by atoms with E-state index in [2.05, 4.69) is 31.9 Å². The molecule has 2 aromatic rings. The van der Waals surface area contributed by atoms with E-state index in [1.54, 1.807) is 36.4 Å². The molecule has 3 nitrogen and oxygen atoms in total. The number of halogens is 2. The van der Waals surface area contributed by atoms with Crippen LogP contribution in [0.4, 0.5) is 5.69 Å². The Hall–Kier alpha value is -1.33. The maximum Gasteiger partial charge on any atom is 0.195 e. The lowest BCUT2D eigenvalue weighted by Gasteiger charge is -2.09. The van der Waals surface area contributed by atoms with Crippen molar-refractivity contribution in [1.29, 1.82) is 0 Å². The quantitative estimate of drug-likeness (QED) is 0.612. The zero-order chi connectivity index (χ0) is 14.7. The predicted molar refractivity (Wildman–Crippen MR) is 87.3 cm³/mol. The van der Waals surface area contributed by atoms with Gasteiger partial charge in [0.15, 0.2) is 5.78 Å². The summed E-state index contributed by atoms with van der Waals surface area (Å²) in [6.07, 6.45) is 0. The lowest BCUT2D eigenvalue weighted by Crippen LogP contribution is -2.05. The fourth-order valence-corrected chi connectivity index (χ4v) is 2.79. The van der Waals surface area contributed by atoms with Crippen molar-refractivity contribution in [3.8, 4) is 5.75 Å². The molecule has 0 aromatic heterocycles. The van der Waals surface area contributed by atoms with Crippen LogP contribution in [-0.2, 0) is 0 Å². The number of carbonyl (C=O) groups is 1. The average molecular weight is 399 g/mol. The average Bonchev–Trinajstić information content (AvgIpc) is 2.42. The molecule has 0 spiro atoms. The van der Waals surface area contributed by atoms with Crippen LogP contribution in [0.3, 0.4) is 0 Å². The van der Waals surface area contributed by atoms with Crippen molar-refractivity contribution in [2.75, 3.05) is 12.3 Å². The Morgan fingerprint density at radius 1 is 1.20 bits per heavy atom. The van der Waals surface area contributed by atoms with Crippen molar-refractivity contribution < 1.29 is 9.53 Å². The number of hydrogen-bond donors (Lipinski definition) is 1. The van der Waals surface area contributed by atoms with E-state index in [1.165, 1.54) is 0 Å². The molecule has 20 heavy (non-hydrogen) atoms. The molecular weight excluding hydrogens is 386 g/mol. The molecule has 5 heteroatoms. The second-order valence-corrected chi connectivity index (χ2v) is 5.76. The van der Waals surface area contributed by atoms with Gasteiger partial charge in [0.05, 0.1) is 11.1 Å². The largest absolute Gasteiger partial charge is 0.494 e. The Kier molecular flexibility index (Phi) is 4.83. The highest BCUT2D eigenvalue weighted by Gasteiger charge is 2.17. The number of hydrogen-bond acceptors (Lipinski definition) is 3. The zero-order valence-electron chi connectivity index (χ0n) is 10.8. The Balaban J connectivity index is 2.41. The zero-order valence-corrected chi connectivity index (χ0v) is 14.0. The van der Waals surface area contributed by atoms with Crippen molar-refractivity contribution in [2.45, 2.75) is 6.92 Å². The summed E-state index contributed by atoms with van der Waals surface area (Å²) in [4.78, 5) is 12.6. The molecule has 0 atom stereocenters. The summed E-state index contributed by atoms with van der Waals surface area (Å²) in [5, 5.41) is 0. The highest BCUT2D eigenvalue weighted by atomic mass is 79.9. The number of carbonyl (C=O) groups excluding carboxylic acids is 1. The molecule has 0 bridgehead atoms. The first kappa shape index (κ1) is 15.1. The molecule has 0 unspecified atom stereocenters. The SMILES string of the molecule is CCOc1ccc(C(=O)c2cccc(N)c2Br)c(Br)c1. The van der Waals surface area contributed by atoms with Crippen LogP contribution < -0.4 is 10.5 Å². The van der Waals surface area contributed by atoms with Crippen LogP contribution in [0.1, 0.15) is 22.8 Å². The second kappa shape index (κ2) is 6.41. The fraction of sp³-hybridized carbons (Fsp3) is 0.133. The van der Waals surface area contributed by atoms with E-state index in [0.29, 0.717) is 32.4 Å².